The van der Waals surface area contributed by atoms with Crippen LogP contribution >= 0.6 is 0 Å². The van der Waals surface area contributed by atoms with Crippen molar-refractivity contribution < 1.29 is 9.59 Å². The van der Waals surface area contributed by atoms with Gasteiger partial charge in [-0.25, -0.2) is 0 Å². The summed E-state index contributed by atoms with van der Waals surface area (Å²) >= 11 is 0. The summed E-state index contributed by atoms with van der Waals surface area (Å²) in [7, 11) is 0. The molecule has 19 heavy (non-hydrogen) atoms. The molecule has 2 amide bonds. The van der Waals surface area contributed by atoms with Gasteiger partial charge < -0.3 is 5.32 Å². The standard InChI is InChI=1S/C15H18N2O2/c1-2-3-7-10-17-14(18)11-13(15(17)19)16-12-8-5-4-6-9-12/h4-6,8-9,11,16H,2-3,7,10H2,1H3. The first-order valence-electron chi connectivity index (χ1n) is 6.62. The van der Waals surface area contributed by atoms with Crippen LogP contribution in [0.3, 0.4) is 0 Å². The summed E-state index contributed by atoms with van der Waals surface area (Å²) < 4.78 is 0. The van der Waals surface area contributed by atoms with E-state index < -0.39 is 0 Å². The third-order valence-electron chi connectivity index (χ3n) is 3.05. The number of carbonyl (C=O) groups excluding carboxylic acids is 2. The fraction of sp³-hybridized carbons (Fsp3) is 0.333. The molecular weight excluding hydrogens is 240 g/mol. The van der Waals surface area contributed by atoms with Crippen molar-refractivity contribution in [3.63, 3.8) is 0 Å². The molecule has 0 spiro atoms. The molecule has 0 atom stereocenters. The molecule has 100 valence electrons. The van der Waals surface area contributed by atoms with Gasteiger partial charge in [-0.3, -0.25) is 14.5 Å². The van der Waals surface area contributed by atoms with E-state index in [0.29, 0.717) is 12.2 Å². The van der Waals surface area contributed by atoms with Crippen LogP contribution in [-0.2, 0) is 9.59 Å². The van der Waals surface area contributed by atoms with E-state index >= 15 is 0 Å². The summed E-state index contributed by atoms with van der Waals surface area (Å²) in [6.45, 7) is 2.59. The van der Waals surface area contributed by atoms with Gasteiger partial charge in [-0.2, -0.15) is 0 Å². The predicted octanol–water partition coefficient (Wildman–Crippen LogP) is 2.54. The maximum Gasteiger partial charge on any atom is 0.277 e. The maximum atomic E-state index is 12.1. The summed E-state index contributed by atoms with van der Waals surface area (Å²) in [5.41, 5.74) is 1.16. The van der Waals surface area contributed by atoms with Crippen LogP contribution in [0, 0.1) is 0 Å². The number of carbonyl (C=O) groups is 2. The van der Waals surface area contributed by atoms with Gasteiger partial charge in [0.15, 0.2) is 0 Å². The molecule has 2 rings (SSSR count). The lowest BCUT2D eigenvalue weighted by molar-refractivity contribution is -0.137. The summed E-state index contributed by atoms with van der Waals surface area (Å²) in [4.78, 5) is 25.2. The zero-order chi connectivity index (χ0) is 13.7. The van der Waals surface area contributed by atoms with E-state index in [1.165, 1.54) is 11.0 Å². The Kier molecular flexibility index (Phi) is 4.34. The zero-order valence-electron chi connectivity index (χ0n) is 11.1. The Hall–Kier alpha value is -2.10. The van der Waals surface area contributed by atoms with E-state index in [1.54, 1.807) is 0 Å². The molecule has 1 N–H and O–H groups in total. The van der Waals surface area contributed by atoms with Gasteiger partial charge in [0.1, 0.15) is 5.70 Å². The molecule has 0 bridgehead atoms. The minimum absolute atomic E-state index is 0.223. The lowest BCUT2D eigenvalue weighted by Crippen LogP contribution is -2.32. The average molecular weight is 258 g/mol. The first-order valence-corrected chi connectivity index (χ1v) is 6.62. The van der Waals surface area contributed by atoms with Gasteiger partial charge in [-0.15, -0.1) is 0 Å². The fourth-order valence-corrected chi connectivity index (χ4v) is 2.01. The van der Waals surface area contributed by atoms with E-state index in [4.69, 9.17) is 0 Å². The Morgan fingerprint density at radius 1 is 1.11 bits per heavy atom. The average Bonchev–Trinajstić information content (AvgIpc) is 2.68. The Morgan fingerprint density at radius 3 is 2.53 bits per heavy atom. The quantitative estimate of drug-likeness (QED) is 0.630. The van der Waals surface area contributed by atoms with Gasteiger partial charge in [0.05, 0.1) is 0 Å². The first kappa shape index (κ1) is 13.3. The number of hydrogen-bond acceptors (Lipinski definition) is 3. The highest BCUT2D eigenvalue weighted by Crippen LogP contribution is 2.17. The Morgan fingerprint density at radius 2 is 1.84 bits per heavy atom. The molecule has 0 saturated carbocycles. The highest BCUT2D eigenvalue weighted by atomic mass is 16.2. The number of unbranched alkanes of at least 4 members (excludes halogenated alkanes) is 2. The molecule has 1 aromatic rings. The monoisotopic (exact) mass is 258 g/mol. The number of rotatable bonds is 6. The van der Waals surface area contributed by atoms with Gasteiger partial charge in [-0.1, -0.05) is 38.0 Å². The highest BCUT2D eigenvalue weighted by molar-refractivity contribution is 6.17. The lowest BCUT2D eigenvalue weighted by Gasteiger charge is -2.14. The molecular formula is C15H18N2O2. The number of hydrogen-bond donors (Lipinski definition) is 1. The summed E-state index contributed by atoms with van der Waals surface area (Å²) in [5, 5.41) is 2.99. The van der Waals surface area contributed by atoms with Crippen LogP contribution in [0.2, 0.25) is 0 Å². The van der Waals surface area contributed by atoms with Crippen molar-refractivity contribution in [3.8, 4) is 0 Å². The second-order valence-electron chi connectivity index (χ2n) is 4.55. The van der Waals surface area contributed by atoms with Crippen LogP contribution in [-0.4, -0.2) is 23.3 Å². The van der Waals surface area contributed by atoms with Gasteiger partial charge >= 0.3 is 0 Å². The largest absolute Gasteiger partial charge is 0.351 e. The topological polar surface area (TPSA) is 49.4 Å². The van der Waals surface area contributed by atoms with Crippen LogP contribution in [0.5, 0.6) is 0 Å². The normalized spacial score (nSPS) is 14.8. The van der Waals surface area contributed by atoms with E-state index in [-0.39, 0.29) is 11.8 Å². The van der Waals surface area contributed by atoms with Crippen molar-refractivity contribution in [2.24, 2.45) is 0 Å². The van der Waals surface area contributed by atoms with Crippen molar-refractivity contribution in [2.75, 3.05) is 11.9 Å². The summed E-state index contributed by atoms with van der Waals surface area (Å²) in [6.07, 6.45) is 4.33. The van der Waals surface area contributed by atoms with Crippen LogP contribution in [0.4, 0.5) is 5.69 Å². The van der Waals surface area contributed by atoms with Gasteiger partial charge in [-0.05, 0) is 18.6 Å². The van der Waals surface area contributed by atoms with Gasteiger partial charge in [0, 0.05) is 18.3 Å². The molecule has 0 fully saturated rings. The van der Waals surface area contributed by atoms with E-state index in [2.05, 4.69) is 12.2 Å². The Bertz CT molecular complexity index is 494. The molecule has 1 heterocycles. The lowest BCUT2D eigenvalue weighted by atomic mass is 10.2. The second-order valence-corrected chi connectivity index (χ2v) is 4.55. The summed E-state index contributed by atoms with van der Waals surface area (Å²) in [5.74, 6) is -0.454. The molecule has 0 saturated heterocycles. The fourth-order valence-electron chi connectivity index (χ4n) is 2.01. The van der Waals surface area contributed by atoms with Crippen LogP contribution in [0.15, 0.2) is 42.1 Å². The third-order valence-corrected chi connectivity index (χ3v) is 3.05. The number of amides is 2. The van der Waals surface area contributed by atoms with Crippen LogP contribution in [0.25, 0.3) is 0 Å². The molecule has 1 aromatic carbocycles. The smallest absolute Gasteiger partial charge is 0.277 e. The molecule has 0 aliphatic carbocycles. The number of anilines is 1. The molecule has 0 radical (unpaired) electrons. The predicted molar refractivity (Wildman–Crippen MR) is 74.4 cm³/mol. The maximum absolute atomic E-state index is 12.1. The molecule has 4 heteroatoms. The number of nitrogens with zero attached hydrogens (tertiary/aromatic N) is 1. The summed E-state index contributed by atoms with van der Waals surface area (Å²) in [6, 6.07) is 9.38. The Labute approximate surface area is 113 Å². The number of imide groups is 1. The van der Waals surface area contributed by atoms with Crippen LogP contribution < -0.4 is 5.32 Å². The number of para-hydroxylation sites is 1. The zero-order valence-corrected chi connectivity index (χ0v) is 11.1. The minimum atomic E-state index is -0.232. The van der Waals surface area contributed by atoms with Crippen molar-refractivity contribution in [3.05, 3.63) is 42.1 Å². The molecule has 1 aliphatic heterocycles. The molecule has 1 aliphatic rings. The van der Waals surface area contributed by atoms with Crippen molar-refractivity contribution in [1.29, 1.82) is 0 Å². The SMILES string of the molecule is CCCCCN1C(=O)C=C(Nc2ccccc2)C1=O. The number of benzene rings is 1. The van der Waals surface area contributed by atoms with Crippen molar-refractivity contribution in [1.82, 2.24) is 4.90 Å². The van der Waals surface area contributed by atoms with E-state index in [0.717, 1.165) is 24.9 Å². The Balaban J connectivity index is 1.98. The van der Waals surface area contributed by atoms with Crippen molar-refractivity contribution in [2.45, 2.75) is 26.2 Å². The van der Waals surface area contributed by atoms with Crippen molar-refractivity contribution >= 4 is 17.5 Å². The van der Waals surface area contributed by atoms with E-state index in [9.17, 15) is 9.59 Å². The minimum Gasteiger partial charge on any atom is -0.351 e. The second kappa shape index (κ2) is 6.18. The highest BCUT2D eigenvalue weighted by Gasteiger charge is 2.30. The number of nitrogens with one attached hydrogen (secondary N) is 1. The van der Waals surface area contributed by atoms with Crippen LogP contribution in [0.1, 0.15) is 26.2 Å². The van der Waals surface area contributed by atoms with Gasteiger partial charge in [0.2, 0.25) is 0 Å². The molecule has 4 nitrogen and oxygen atoms in total. The third kappa shape index (κ3) is 3.22. The van der Waals surface area contributed by atoms with E-state index in [1.807, 2.05) is 30.3 Å². The molecule has 0 unspecified atom stereocenters. The first-order chi connectivity index (χ1) is 9.22. The van der Waals surface area contributed by atoms with Gasteiger partial charge in [0.25, 0.3) is 11.8 Å². The molecule has 0 aromatic heterocycles.